The third-order valence-electron chi connectivity index (χ3n) is 7.78. The highest BCUT2D eigenvalue weighted by Crippen LogP contribution is 2.30. The number of benzene rings is 1. The summed E-state index contributed by atoms with van der Waals surface area (Å²) in [7, 11) is 0. The number of alkyl halides is 3. The van der Waals surface area contributed by atoms with E-state index in [9.17, 15) is 32.3 Å². The summed E-state index contributed by atoms with van der Waals surface area (Å²) in [5, 5.41) is 2.65. The Kier molecular flexibility index (Phi) is 11.9. The molecule has 1 unspecified atom stereocenters. The van der Waals surface area contributed by atoms with Gasteiger partial charge in [-0.25, -0.2) is 9.59 Å². The van der Waals surface area contributed by atoms with Gasteiger partial charge in [-0.3, -0.25) is 9.59 Å². The Morgan fingerprint density at radius 2 is 1.72 bits per heavy atom. The van der Waals surface area contributed by atoms with E-state index < -0.39 is 35.3 Å². The summed E-state index contributed by atoms with van der Waals surface area (Å²) in [6.07, 6.45) is -0.664. The average molecular weight is 612 g/mol. The molecule has 240 valence electrons. The zero-order valence-electron chi connectivity index (χ0n) is 25.5. The van der Waals surface area contributed by atoms with Gasteiger partial charge in [0.05, 0.1) is 18.1 Å². The number of carbonyl (C=O) groups excluding carboxylic acids is 4. The first kappa shape index (κ1) is 34.2. The maximum absolute atomic E-state index is 13.0. The van der Waals surface area contributed by atoms with E-state index >= 15 is 0 Å². The predicted octanol–water partition coefficient (Wildman–Crippen LogP) is 4.96. The summed E-state index contributed by atoms with van der Waals surface area (Å²) >= 11 is 0. The van der Waals surface area contributed by atoms with E-state index in [1.165, 1.54) is 19.1 Å². The Hall–Kier alpha value is -3.31. The van der Waals surface area contributed by atoms with Crippen molar-refractivity contribution in [3.05, 3.63) is 35.4 Å². The fraction of sp³-hybridized carbons (Fsp3) is 0.677. The summed E-state index contributed by atoms with van der Waals surface area (Å²) in [5.74, 6) is -1.13. The molecule has 0 saturated carbocycles. The van der Waals surface area contributed by atoms with Crippen LogP contribution >= 0.6 is 0 Å². The third kappa shape index (κ3) is 11.0. The highest BCUT2D eigenvalue weighted by molar-refractivity contribution is 5.86. The SMILES string of the molecule is CC(NC(=O)[C@@H]1CCCN(C(=O)CCC2CCN(C(=O)OC(C)(C)C)CC2)C1)C(=O)OCCc1cccc(C(F)(F)F)c1. The van der Waals surface area contributed by atoms with Crippen molar-refractivity contribution in [3.8, 4) is 0 Å². The fourth-order valence-electron chi connectivity index (χ4n) is 5.32. The molecular formula is C31H44F3N3O6. The molecule has 0 radical (unpaired) electrons. The van der Waals surface area contributed by atoms with E-state index in [4.69, 9.17) is 9.47 Å². The topological polar surface area (TPSA) is 105 Å². The van der Waals surface area contributed by atoms with Crippen molar-refractivity contribution < 1.29 is 41.8 Å². The van der Waals surface area contributed by atoms with E-state index in [0.717, 1.165) is 31.4 Å². The van der Waals surface area contributed by atoms with E-state index in [0.29, 0.717) is 50.4 Å². The molecular weight excluding hydrogens is 567 g/mol. The Morgan fingerprint density at radius 3 is 2.37 bits per heavy atom. The van der Waals surface area contributed by atoms with Gasteiger partial charge in [-0.2, -0.15) is 13.2 Å². The first-order valence-electron chi connectivity index (χ1n) is 15.0. The van der Waals surface area contributed by atoms with Gasteiger partial charge in [-0.1, -0.05) is 18.2 Å². The first-order valence-corrected chi connectivity index (χ1v) is 15.0. The highest BCUT2D eigenvalue weighted by atomic mass is 19.4. The number of hydrogen-bond acceptors (Lipinski definition) is 6. The van der Waals surface area contributed by atoms with Crippen molar-refractivity contribution in [1.29, 1.82) is 0 Å². The third-order valence-corrected chi connectivity index (χ3v) is 7.78. The standard InChI is InChI=1S/C31H44F3N3O6/c1-21(28(40)42-18-14-23-7-5-9-25(19-23)31(32,33)34)35-27(39)24-8-6-15-37(20-24)26(38)11-10-22-12-16-36(17-13-22)29(41)43-30(2,3)4/h5,7,9,19,21-22,24H,6,8,10-18,20H2,1-4H3,(H,35,39)/t21?,24-/m1/s1. The van der Waals surface area contributed by atoms with Crippen LogP contribution in [-0.4, -0.2) is 78.1 Å². The molecule has 0 aliphatic carbocycles. The summed E-state index contributed by atoms with van der Waals surface area (Å²) < 4.78 is 49.3. The molecule has 0 aromatic heterocycles. The summed E-state index contributed by atoms with van der Waals surface area (Å²) in [6.45, 7) is 8.94. The van der Waals surface area contributed by atoms with Crippen LogP contribution in [0, 0.1) is 11.8 Å². The molecule has 1 N–H and O–H groups in total. The van der Waals surface area contributed by atoms with Gasteiger partial charge in [-0.05, 0) is 77.3 Å². The van der Waals surface area contributed by atoms with Crippen molar-refractivity contribution in [2.24, 2.45) is 11.8 Å². The van der Waals surface area contributed by atoms with Crippen molar-refractivity contribution in [2.45, 2.75) is 90.5 Å². The fourth-order valence-corrected chi connectivity index (χ4v) is 5.32. The normalized spacial score (nSPS) is 19.0. The number of nitrogens with one attached hydrogen (secondary N) is 1. The van der Waals surface area contributed by atoms with E-state index in [1.54, 1.807) is 9.80 Å². The lowest BCUT2D eigenvalue weighted by molar-refractivity contribution is -0.148. The van der Waals surface area contributed by atoms with Crippen LogP contribution < -0.4 is 5.32 Å². The molecule has 2 aliphatic rings. The zero-order valence-corrected chi connectivity index (χ0v) is 25.5. The minimum atomic E-state index is -4.45. The molecule has 3 amide bonds. The number of amides is 3. The van der Waals surface area contributed by atoms with Gasteiger partial charge < -0.3 is 24.6 Å². The molecule has 12 heteroatoms. The van der Waals surface area contributed by atoms with Gasteiger partial charge in [-0.15, -0.1) is 0 Å². The van der Waals surface area contributed by atoms with Crippen molar-refractivity contribution in [3.63, 3.8) is 0 Å². The summed E-state index contributed by atoms with van der Waals surface area (Å²) in [5.41, 5.74) is -0.918. The number of rotatable bonds is 9. The lowest BCUT2D eigenvalue weighted by Gasteiger charge is -2.34. The van der Waals surface area contributed by atoms with Crippen LogP contribution in [0.4, 0.5) is 18.0 Å². The highest BCUT2D eigenvalue weighted by Gasteiger charge is 2.32. The molecule has 2 heterocycles. The quantitative estimate of drug-likeness (QED) is 0.396. The van der Waals surface area contributed by atoms with Crippen LogP contribution in [0.2, 0.25) is 0 Å². The second-order valence-electron chi connectivity index (χ2n) is 12.5. The molecule has 1 aromatic carbocycles. The predicted molar refractivity (Wildman–Crippen MR) is 153 cm³/mol. The molecule has 3 rings (SSSR count). The Labute approximate surface area is 251 Å². The van der Waals surface area contributed by atoms with E-state index in [-0.39, 0.29) is 37.5 Å². The number of ether oxygens (including phenoxy) is 2. The molecule has 0 spiro atoms. The van der Waals surface area contributed by atoms with Crippen molar-refractivity contribution >= 4 is 23.9 Å². The maximum Gasteiger partial charge on any atom is 0.416 e. The van der Waals surface area contributed by atoms with Gasteiger partial charge in [0.15, 0.2) is 0 Å². The van der Waals surface area contributed by atoms with Gasteiger partial charge in [0, 0.05) is 39.0 Å². The molecule has 2 aliphatic heterocycles. The van der Waals surface area contributed by atoms with Crippen LogP contribution in [0.3, 0.4) is 0 Å². The lowest BCUT2D eigenvalue weighted by atomic mass is 9.91. The molecule has 43 heavy (non-hydrogen) atoms. The number of nitrogens with zero attached hydrogens (tertiary/aromatic N) is 2. The number of likely N-dealkylation sites (tertiary alicyclic amines) is 2. The lowest BCUT2D eigenvalue weighted by Crippen LogP contribution is -2.49. The molecule has 2 fully saturated rings. The van der Waals surface area contributed by atoms with E-state index in [1.807, 2.05) is 20.8 Å². The minimum Gasteiger partial charge on any atom is -0.464 e. The number of halogens is 3. The van der Waals surface area contributed by atoms with Crippen molar-refractivity contribution in [1.82, 2.24) is 15.1 Å². The molecule has 0 bridgehead atoms. The number of piperidine rings is 2. The van der Waals surface area contributed by atoms with Crippen molar-refractivity contribution in [2.75, 3.05) is 32.8 Å². The zero-order chi connectivity index (χ0) is 31.8. The minimum absolute atomic E-state index is 0.00544. The van der Waals surface area contributed by atoms with Crippen LogP contribution in [0.5, 0.6) is 0 Å². The van der Waals surface area contributed by atoms with Crippen LogP contribution in [-0.2, 0) is 36.5 Å². The van der Waals surface area contributed by atoms with Crippen LogP contribution in [0.25, 0.3) is 0 Å². The Bertz CT molecular complexity index is 1130. The van der Waals surface area contributed by atoms with Crippen LogP contribution in [0.15, 0.2) is 24.3 Å². The van der Waals surface area contributed by atoms with Crippen LogP contribution in [0.1, 0.15) is 77.3 Å². The monoisotopic (exact) mass is 611 g/mol. The largest absolute Gasteiger partial charge is 0.464 e. The number of esters is 1. The molecule has 2 saturated heterocycles. The molecule has 2 atom stereocenters. The molecule has 9 nitrogen and oxygen atoms in total. The van der Waals surface area contributed by atoms with E-state index in [2.05, 4.69) is 5.32 Å². The first-order chi connectivity index (χ1) is 20.1. The average Bonchev–Trinajstić information content (AvgIpc) is 2.95. The Morgan fingerprint density at radius 1 is 1.02 bits per heavy atom. The summed E-state index contributed by atoms with van der Waals surface area (Å²) in [6, 6.07) is 3.89. The molecule has 1 aromatic rings. The second kappa shape index (κ2) is 14.9. The van der Waals surface area contributed by atoms with Gasteiger partial charge in [0.25, 0.3) is 0 Å². The smallest absolute Gasteiger partial charge is 0.416 e. The van der Waals surface area contributed by atoms with Gasteiger partial charge in [0.2, 0.25) is 11.8 Å². The second-order valence-corrected chi connectivity index (χ2v) is 12.5. The number of hydrogen-bond donors (Lipinski definition) is 1. The summed E-state index contributed by atoms with van der Waals surface area (Å²) in [4.78, 5) is 53.9. The Balaban J connectivity index is 1.37. The maximum atomic E-state index is 13.0. The number of carbonyl (C=O) groups is 4. The van der Waals surface area contributed by atoms with Gasteiger partial charge in [0.1, 0.15) is 11.6 Å². The van der Waals surface area contributed by atoms with Gasteiger partial charge >= 0.3 is 18.2 Å².